The predicted octanol–water partition coefficient (Wildman–Crippen LogP) is 23.4. The molecule has 0 rings (SSSR count). The van der Waals surface area contributed by atoms with E-state index in [1.807, 2.05) is 0 Å². The molecule has 76 heavy (non-hydrogen) atoms. The Morgan fingerprint density at radius 3 is 0.658 bits per heavy atom. The van der Waals surface area contributed by atoms with Crippen LogP contribution in [-0.2, 0) is 28.6 Å². The van der Waals surface area contributed by atoms with Crippen LogP contribution in [0.4, 0.5) is 0 Å². The van der Waals surface area contributed by atoms with Crippen molar-refractivity contribution in [3.8, 4) is 0 Å². The Labute approximate surface area is 474 Å². The van der Waals surface area contributed by atoms with Gasteiger partial charge in [0.1, 0.15) is 13.2 Å². The third kappa shape index (κ3) is 62.7. The van der Waals surface area contributed by atoms with Gasteiger partial charge in [0.2, 0.25) is 0 Å². The van der Waals surface area contributed by atoms with Crippen molar-refractivity contribution in [2.24, 2.45) is 0 Å². The average molecular weight is 1070 g/mol. The Morgan fingerprint density at radius 1 is 0.250 bits per heavy atom. The minimum absolute atomic E-state index is 0.0723. The Bertz CT molecular complexity index is 1230. The number of hydrogen-bond acceptors (Lipinski definition) is 6. The second kappa shape index (κ2) is 65.4. The van der Waals surface area contributed by atoms with Gasteiger partial charge in [-0.25, -0.2) is 0 Å². The Kier molecular flexibility index (Phi) is 63.6. The fourth-order valence-corrected chi connectivity index (χ4v) is 10.5. The third-order valence-electron chi connectivity index (χ3n) is 15.7. The molecule has 0 heterocycles. The lowest BCUT2D eigenvalue weighted by atomic mass is 10.0. The summed E-state index contributed by atoms with van der Waals surface area (Å²) in [5, 5.41) is 0. The second-order valence-corrected chi connectivity index (χ2v) is 23.4. The third-order valence-corrected chi connectivity index (χ3v) is 15.7. The first-order chi connectivity index (χ1) is 37.5. The van der Waals surface area contributed by atoms with Crippen LogP contribution in [-0.4, -0.2) is 37.2 Å². The summed E-state index contributed by atoms with van der Waals surface area (Å²) in [5.74, 6) is -0.863. The fraction of sp³-hybridized carbons (Fsp3) is 0.900. The van der Waals surface area contributed by atoms with Crippen molar-refractivity contribution in [1.82, 2.24) is 0 Å². The van der Waals surface area contributed by atoms with Gasteiger partial charge >= 0.3 is 17.9 Å². The quantitative estimate of drug-likeness (QED) is 0.0261. The minimum atomic E-state index is -0.776. The highest BCUT2D eigenvalue weighted by atomic mass is 16.6. The van der Waals surface area contributed by atoms with E-state index in [2.05, 4.69) is 45.1 Å². The van der Waals surface area contributed by atoms with Gasteiger partial charge in [-0.2, -0.15) is 0 Å². The van der Waals surface area contributed by atoms with Crippen LogP contribution in [0.2, 0.25) is 0 Å². The molecule has 0 N–H and O–H groups in total. The highest BCUT2D eigenvalue weighted by Crippen LogP contribution is 2.18. The van der Waals surface area contributed by atoms with Crippen molar-refractivity contribution in [2.45, 2.75) is 393 Å². The maximum absolute atomic E-state index is 12.9. The first-order valence-electron chi connectivity index (χ1n) is 34.3. The van der Waals surface area contributed by atoms with Crippen LogP contribution in [0.15, 0.2) is 24.3 Å². The highest BCUT2D eigenvalue weighted by molar-refractivity contribution is 5.71. The molecule has 448 valence electrons. The summed E-state index contributed by atoms with van der Waals surface area (Å²) in [6.45, 7) is 6.68. The Morgan fingerprint density at radius 2 is 0.434 bits per heavy atom. The monoisotopic (exact) mass is 1070 g/mol. The molecule has 0 aromatic rings. The summed E-state index contributed by atoms with van der Waals surface area (Å²) in [5.41, 5.74) is 0. The molecule has 0 amide bonds. The van der Waals surface area contributed by atoms with Crippen LogP contribution in [0.5, 0.6) is 0 Å². The van der Waals surface area contributed by atoms with E-state index in [1.54, 1.807) is 0 Å². The van der Waals surface area contributed by atoms with E-state index in [1.165, 1.54) is 276 Å². The maximum atomic E-state index is 12.9. The van der Waals surface area contributed by atoms with Gasteiger partial charge in [-0.1, -0.05) is 321 Å². The molecule has 6 nitrogen and oxygen atoms in total. The Balaban J connectivity index is 4.15. The lowest BCUT2D eigenvalue weighted by Gasteiger charge is -2.18. The number of allylic oxidation sites excluding steroid dienone is 4. The zero-order valence-corrected chi connectivity index (χ0v) is 51.6. The molecule has 0 saturated heterocycles. The topological polar surface area (TPSA) is 78.9 Å². The van der Waals surface area contributed by atoms with Gasteiger partial charge in [0, 0.05) is 19.3 Å². The number of unbranched alkanes of at least 4 members (excludes halogenated alkanes) is 49. The van der Waals surface area contributed by atoms with Gasteiger partial charge in [0.25, 0.3) is 0 Å². The molecule has 6 heteroatoms. The van der Waals surface area contributed by atoms with Gasteiger partial charge in [-0.15, -0.1) is 0 Å². The van der Waals surface area contributed by atoms with E-state index in [9.17, 15) is 14.4 Å². The molecule has 0 spiro atoms. The molecule has 0 aromatic heterocycles. The van der Waals surface area contributed by atoms with Crippen LogP contribution in [0.3, 0.4) is 0 Å². The van der Waals surface area contributed by atoms with E-state index in [4.69, 9.17) is 14.2 Å². The van der Waals surface area contributed by atoms with E-state index in [-0.39, 0.29) is 31.1 Å². The van der Waals surface area contributed by atoms with Gasteiger partial charge in [-0.3, -0.25) is 14.4 Å². The van der Waals surface area contributed by atoms with Gasteiger partial charge < -0.3 is 14.2 Å². The molecule has 1 unspecified atom stereocenters. The van der Waals surface area contributed by atoms with Crippen LogP contribution in [0.25, 0.3) is 0 Å². The number of rotatable bonds is 64. The lowest BCUT2D eigenvalue weighted by Crippen LogP contribution is -2.30. The van der Waals surface area contributed by atoms with Crippen molar-refractivity contribution >= 4 is 17.9 Å². The van der Waals surface area contributed by atoms with Crippen molar-refractivity contribution in [3.63, 3.8) is 0 Å². The van der Waals surface area contributed by atoms with E-state index in [0.717, 1.165) is 70.6 Å². The van der Waals surface area contributed by atoms with Crippen LogP contribution < -0.4 is 0 Å². The van der Waals surface area contributed by atoms with Crippen LogP contribution in [0, 0.1) is 0 Å². The zero-order chi connectivity index (χ0) is 55.0. The number of esters is 3. The number of carbonyl (C=O) groups is 3. The van der Waals surface area contributed by atoms with Crippen molar-refractivity contribution < 1.29 is 28.6 Å². The summed E-state index contributed by atoms with van der Waals surface area (Å²) in [6.07, 6.45) is 79.3. The number of carbonyl (C=O) groups excluding carboxylic acids is 3. The molecular formula is C70H132O6. The summed E-state index contributed by atoms with van der Waals surface area (Å²) >= 11 is 0. The Hall–Kier alpha value is -2.11. The lowest BCUT2D eigenvalue weighted by molar-refractivity contribution is -0.167. The molecule has 0 bridgehead atoms. The molecule has 0 aromatic carbocycles. The zero-order valence-electron chi connectivity index (χ0n) is 51.6. The summed E-state index contributed by atoms with van der Waals surface area (Å²) in [7, 11) is 0. The van der Waals surface area contributed by atoms with E-state index < -0.39 is 6.10 Å². The predicted molar refractivity (Wildman–Crippen MR) is 330 cm³/mol. The normalized spacial score (nSPS) is 12.1. The standard InChI is InChI=1S/C70H132O6/c1-4-7-10-13-16-19-22-25-28-29-30-31-32-33-34-35-36-37-38-39-40-41-43-45-48-51-54-57-60-63-69(72)75-66-67(65-74-68(71)62-59-56-53-50-47-44-27-24-21-18-15-12-9-6-3)76-70(73)64-61-58-55-52-49-46-42-26-23-20-17-14-11-8-5-2/h24,26-27,42,67H,4-23,25,28-41,43-66H2,1-3H3/b27-24-,42-26-. The van der Waals surface area contributed by atoms with Gasteiger partial charge in [-0.05, 0) is 70.6 Å². The van der Waals surface area contributed by atoms with Gasteiger partial charge in [0.15, 0.2) is 6.10 Å². The molecule has 0 fully saturated rings. The number of hydrogen-bond donors (Lipinski definition) is 0. The molecule has 0 saturated carbocycles. The first-order valence-corrected chi connectivity index (χ1v) is 34.3. The fourth-order valence-electron chi connectivity index (χ4n) is 10.5. The molecular weight excluding hydrogens is 937 g/mol. The van der Waals surface area contributed by atoms with Crippen molar-refractivity contribution in [2.75, 3.05) is 13.2 Å². The van der Waals surface area contributed by atoms with Crippen LogP contribution in [0.1, 0.15) is 387 Å². The summed E-state index contributed by atoms with van der Waals surface area (Å²) in [6, 6.07) is 0. The second-order valence-electron chi connectivity index (χ2n) is 23.4. The van der Waals surface area contributed by atoms with Crippen molar-refractivity contribution in [3.05, 3.63) is 24.3 Å². The van der Waals surface area contributed by atoms with Crippen LogP contribution >= 0.6 is 0 Å². The SMILES string of the molecule is CCCCCCC/C=C\CCCCCCCC(=O)OCC(COC(=O)CCCCCCCCCCCCCCCCCCCCCCCCCCCCCCC)OC(=O)CCCCCCC/C=C\CCCCCCCC. The summed E-state index contributed by atoms with van der Waals surface area (Å²) in [4.78, 5) is 38.3. The molecule has 1 atom stereocenters. The average Bonchev–Trinajstić information content (AvgIpc) is 3.42. The smallest absolute Gasteiger partial charge is 0.306 e. The molecule has 0 radical (unpaired) electrons. The first kappa shape index (κ1) is 73.9. The maximum Gasteiger partial charge on any atom is 0.306 e. The summed E-state index contributed by atoms with van der Waals surface area (Å²) < 4.78 is 16.9. The molecule has 0 aliphatic rings. The highest BCUT2D eigenvalue weighted by Gasteiger charge is 2.19. The number of ether oxygens (including phenoxy) is 3. The van der Waals surface area contributed by atoms with Gasteiger partial charge in [0.05, 0.1) is 0 Å². The minimum Gasteiger partial charge on any atom is -0.462 e. The molecule has 0 aliphatic heterocycles. The van der Waals surface area contributed by atoms with Crippen molar-refractivity contribution in [1.29, 1.82) is 0 Å². The largest absolute Gasteiger partial charge is 0.462 e. The molecule has 0 aliphatic carbocycles. The van der Waals surface area contributed by atoms with E-state index >= 15 is 0 Å². The van der Waals surface area contributed by atoms with E-state index in [0.29, 0.717) is 19.3 Å².